The summed E-state index contributed by atoms with van der Waals surface area (Å²) in [4.78, 5) is 29.9. The first-order chi connectivity index (χ1) is 20.9. The molecule has 4 aromatic rings. The molecule has 15 heteroatoms. The van der Waals surface area contributed by atoms with Crippen LogP contribution in [0.1, 0.15) is 35.1 Å². The van der Waals surface area contributed by atoms with Crippen LogP contribution in [0.4, 0.5) is 29.2 Å². The molecule has 0 fully saturated rings. The molecule has 5 rings (SSSR count). The first-order valence-corrected chi connectivity index (χ1v) is 13.5. The van der Waals surface area contributed by atoms with Gasteiger partial charge in [-0.25, -0.2) is 23.8 Å². The van der Waals surface area contributed by atoms with E-state index in [-0.39, 0.29) is 57.1 Å². The van der Waals surface area contributed by atoms with Gasteiger partial charge in [0.05, 0.1) is 12.1 Å². The molecular weight excluding hydrogens is 606 g/mol. The Kier molecular flexibility index (Phi) is 8.63. The van der Waals surface area contributed by atoms with Gasteiger partial charge in [0, 0.05) is 53.2 Å². The maximum Gasteiger partial charge on any atom is 0.435 e. The fraction of sp³-hybridized carbons (Fsp3) is 0.241. The van der Waals surface area contributed by atoms with Gasteiger partial charge in [0.2, 0.25) is 11.8 Å². The summed E-state index contributed by atoms with van der Waals surface area (Å²) in [6.45, 7) is 3.26. The Labute approximate surface area is 253 Å². The molecule has 0 spiro atoms. The monoisotopic (exact) mass is 629 g/mol. The quantitative estimate of drug-likeness (QED) is 0.168. The summed E-state index contributed by atoms with van der Waals surface area (Å²) in [5.41, 5.74) is -0.249. The van der Waals surface area contributed by atoms with Crippen LogP contribution < -0.4 is 10.1 Å². The second-order valence-corrected chi connectivity index (χ2v) is 10.1. The highest BCUT2D eigenvalue weighted by Crippen LogP contribution is 2.34. The molecular formula is C29H24ClF4N7O3. The Morgan fingerprint density at radius 2 is 1.98 bits per heavy atom. The summed E-state index contributed by atoms with van der Waals surface area (Å²) in [5.74, 6) is -1.50. The second kappa shape index (κ2) is 12.4. The Morgan fingerprint density at radius 3 is 2.64 bits per heavy atom. The highest BCUT2D eigenvalue weighted by molar-refractivity contribution is 6.31. The molecule has 0 saturated carbocycles. The number of alkyl halides is 3. The van der Waals surface area contributed by atoms with E-state index in [2.05, 4.69) is 30.4 Å². The van der Waals surface area contributed by atoms with Gasteiger partial charge in [-0.3, -0.25) is 4.99 Å². The molecule has 1 aliphatic rings. The number of pyridine rings is 1. The normalized spacial score (nSPS) is 15.2. The van der Waals surface area contributed by atoms with E-state index >= 15 is 0 Å². The number of hydrogen-bond acceptors (Lipinski definition) is 9. The van der Waals surface area contributed by atoms with Gasteiger partial charge in [-0.1, -0.05) is 17.7 Å². The van der Waals surface area contributed by atoms with E-state index in [0.29, 0.717) is 12.1 Å². The molecule has 1 N–H and O–H groups in total. The molecule has 3 aromatic heterocycles. The first kappa shape index (κ1) is 30.6. The molecule has 44 heavy (non-hydrogen) atoms. The number of rotatable bonds is 8. The molecule has 228 valence electrons. The lowest BCUT2D eigenvalue weighted by Gasteiger charge is -2.23. The number of halogens is 5. The van der Waals surface area contributed by atoms with Gasteiger partial charge in [0.1, 0.15) is 17.5 Å². The van der Waals surface area contributed by atoms with Gasteiger partial charge in [0.25, 0.3) is 0 Å². The first-order valence-electron chi connectivity index (χ1n) is 13.1. The topological polar surface area (TPSA) is 116 Å². The van der Waals surface area contributed by atoms with E-state index in [4.69, 9.17) is 21.1 Å². The zero-order chi connectivity index (χ0) is 31.6. The predicted octanol–water partition coefficient (Wildman–Crippen LogP) is 6.75. The number of ether oxygens (including phenoxy) is 2. The van der Waals surface area contributed by atoms with Crippen molar-refractivity contribution in [3.63, 3.8) is 0 Å². The lowest BCUT2D eigenvalue weighted by Crippen LogP contribution is -2.25. The van der Waals surface area contributed by atoms with E-state index in [1.165, 1.54) is 44.6 Å². The number of aromatic nitrogens is 5. The Morgan fingerprint density at radius 1 is 1.18 bits per heavy atom. The van der Waals surface area contributed by atoms with Gasteiger partial charge >= 0.3 is 12.1 Å². The molecule has 0 radical (unpaired) electrons. The smallest absolute Gasteiger partial charge is 0.435 e. The molecule has 1 aliphatic heterocycles. The predicted molar refractivity (Wildman–Crippen MR) is 154 cm³/mol. The van der Waals surface area contributed by atoms with Crippen LogP contribution in [0.25, 0.3) is 16.9 Å². The van der Waals surface area contributed by atoms with E-state index in [9.17, 15) is 22.4 Å². The third-order valence-electron chi connectivity index (χ3n) is 6.69. The maximum atomic E-state index is 13.7. The minimum atomic E-state index is -4.72. The van der Waals surface area contributed by atoms with Crippen molar-refractivity contribution >= 4 is 35.4 Å². The van der Waals surface area contributed by atoms with Crippen molar-refractivity contribution in [3.05, 3.63) is 82.8 Å². The number of aliphatic imine (C=N–C) groups is 1. The third-order valence-corrected chi connectivity index (χ3v) is 6.98. The minimum Gasteiger partial charge on any atom is -0.473 e. The molecule has 2 atom stereocenters. The van der Waals surface area contributed by atoms with Gasteiger partial charge < -0.3 is 14.8 Å². The molecule has 0 saturated heterocycles. The zero-order valence-corrected chi connectivity index (χ0v) is 24.2. The SMILES string of the molecule is COC(=O)c1cc(-c2cnc(Nc3ccc(F)c(Cl)c3)nc2-n2nc(C(F)(F)F)cc2C)cnc1OC(C)C1C=CN=CC1. The molecule has 1 aromatic carbocycles. The van der Waals surface area contributed by atoms with Crippen LogP contribution in [0.15, 0.2) is 60.0 Å². The molecule has 0 amide bonds. The van der Waals surface area contributed by atoms with Crippen LogP contribution in [0, 0.1) is 18.7 Å². The Bertz CT molecular complexity index is 1770. The number of carbonyl (C=O) groups is 1. The summed E-state index contributed by atoms with van der Waals surface area (Å²) >= 11 is 5.88. The van der Waals surface area contributed by atoms with Crippen molar-refractivity contribution in [3.8, 4) is 22.8 Å². The number of anilines is 2. The van der Waals surface area contributed by atoms with Crippen molar-refractivity contribution in [1.82, 2.24) is 24.7 Å². The number of methoxy groups -OCH3 is 1. The number of esters is 1. The van der Waals surface area contributed by atoms with Gasteiger partial charge in [-0.15, -0.1) is 0 Å². The zero-order valence-electron chi connectivity index (χ0n) is 23.4. The van der Waals surface area contributed by atoms with Crippen LogP contribution in [0.5, 0.6) is 5.88 Å². The van der Waals surface area contributed by atoms with E-state index in [1.54, 1.807) is 12.4 Å². The number of hydrogen-bond donors (Lipinski definition) is 1. The fourth-order valence-corrected chi connectivity index (χ4v) is 4.55. The number of benzene rings is 1. The molecule has 2 unspecified atom stereocenters. The summed E-state index contributed by atoms with van der Waals surface area (Å²) in [5, 5.41) is 6.44. The van der Waals surface area contributed by atoms with Crippen molar-refractivity contribution in [2.45, 2.75) is 32.5 Å². The van der Waals surface area contributed by atoms with Crippen LogP contribution in [0.2, 0.25) is 5.02 Å². The Balaban J connectivity index is 1.59. The van der Waals surface area contributed by atoms with Crippen LogP contribution in [-0.2, 0) is 10.9 Å². The number of nitrogens with zero attached hydrogens (tertiary/aromatic N) is 6. The third kappa shape index (κ3) is 6.54. The van der Waals surface area contributed by atoms with Crippen molar-refractivity contribution < 1.29 is 31.8 Å². The lowest BCUT2D eigenvalue weighted by atomic mass is 9.99. The average molecular weight is 630 g/mol. The van der Waals surface area contributed by atoms with Crippen molar-refractivity contribution in [2.24, 2.45) is 10.9 Å². The van der Waals surface area contributed by atoms with Gasteiger partial charge in [-0.05, 0) is 50.6 Å². The van der Waals surface area contributed by atoms with Crippen molar-refractivity contribution in [2.75, 3.05) is 12.4 Å². The van der Waals surface area contributed by atoms with Crippen LogP contribution >= 0.6 is 11.6 Å². The highest BCUT2D eigenvalue weighted by Gasteiger charge is 2.35. The lowest BCUT2D eigenvalue weighted by molar-refractivity contribution is -0.141. The van der Waals surface area contributed by atoms with E-state index < -0.39 is 23.7 Å². The number of carbonyl (C=O) groups excluding carboxylic acids is 1. The summed E-state index contributed by atoms with van der Waals surface area (Å²) in [6, 6.07) is 6.13. The second-order valence-electron chi connectivity index (χ2n) is 9.73. The van der Waals surface area contributed by atoms with Crippen molar-refractivity contribution in [1.29, 1.82) is 0 Å². The molecule has 10 nitrogen and oxygen atoms in total. The van der Waals surface area contributed by atoms with Gasteiger partial charge in [-0.2, -0.15) is 23.3 Å². The maximum absolute atomic E-state index is 13.7. The highest BCUT2D eigenvalue weighted by atomic mass is 35.5. The fourth-order valence-electron chi connectivity index (χ4n) is 4.37. The number of aryl methyl sites for hydroxylation is 1. The van der Waals surface area contributed by atoms with Crippen LogP contribution in [-0.4, -0.2) is 50.1 Å². The summed E-state index contributed by atoms with van der Waals surface area (Å²) in [6.07, 6.45) is 3.56. The number of nitrogens with one attached hydrogen (secondary N) is 1. The van der Waals surface area contributed by atoms with E-state index in [1.807, 2.05) is 13.0 Å². The summed E-state index contributed by atoms with van der Waals surface area (Å²) in [7, 11) is 1.20. The molecule has 0 aliphatic carbocycles. The van der Waals surface area contributed by atoms with Crippen LogP contribution in [0.3, 0.4) is 0 Å². The van der Waals surface area contributed by atoms with Gasteiger partial charge in [0.15, 0.2) is 11.5 Å². The largest absolute Gasteiger partial charge is 0.473 e. The Hall–Kier alpha value is -4.85. The summed E-state index contributed by atoms with van der Waals surface area (Å²) < 4.78 is 66.4. The molecule has 4 heterocycles. The molecule has 0 bridgehead atoms. The standard InChI is InChI=1S/C29H24ClF4N7O3/c1-15-10-24(29(32,33)34)40-41(15)25-21(14-37-28(39-25)38-19-4-5-23(31)22(30)12-19)18-11-20(27(42)43-3)26(36-13-18)44-16(2)17-6-8-35-9-7-17/h4-6,8-14,16-17H,7H2,1-3H3,(H,37,38,39). The average Bonchev–Trinajstić information content (AvgIpc) is 3.41. The van der Waals surface area contributed by atoms with E-state index in [0.717, 1.165) is 16.8 Å². The minimum absolute atomic E-state index is 0.00702.